The molecule has 1 rings (SSSR count). The molecule has 0 saturated carbocycles. The molecule has 0 aliphatic carbocycles. The number of hydrogen-bond donors (Lipinski definition) is 3. The fourth-order valence-electron chi connectivity index (χ4n) is 1.49. The molecular weight excluding hydrogens is 289 g/mol. The number of aromatic nitrogens is 2. The molecule has 0 aliphatic heterocycles. The number of alkyl halides is 3. The molecule has 1 amide bonds. The van der Waals surface area contributed by atoms with Crippen LogP contribution in [-0.4, -0.2) is 40.4 Å². The van der Waals surface area contributed by atoms with E-state index < -0.39 is 18.0 Å². The number of likely N-dealkylation sites (N-methyl/N-ethyl adjacent to an activating group) is 1. The number of halogens is 3. The Morgan fingerprint density at radius 2 is 2.00 bits per heavy atom. The minimum atomic E-state index is -4.71. The van der Waals surface area contributed by atoms with Gasteiger partial charge in [-0.25, -0.2) is 15.8 Å². The Hall–Kier alpha value is -2.10. The molecule has 7 nitrogen and oxygen atoms in total. The second kappa shape index (κ2) is 6.57. The van der Waals surface area contributed by atoms with Gasteiger partial charge in [-0.2, -0.15) is 13.2 Å². The summed E-state index contributed by atoms with van der Waals surface area (Å²) in [7, 11) is 1.59. The van der Waals surface area contributed by atoms with Crippen LogP contribution < -0.4 is 16.6 Å². The molecule has 0 bridgehead atoms. The third-order valence-corrected chi connectivity index (χ3v) is 2.71. The van der Waals surface area contributed by atoms with Crippen molar-refractivity contribution < 1.29 is 18.0 Å². The molecule has 1 aromatic heterocycles. The minimum Gasteiger partial charge on any atom is -0.358 e. The van der Waals surface area contributed by atoms with Gasteiger partial charge in [-0.15, -0.1) is 0 Å². The predicted molar refractivity (Wildman–Crippen MR) is 71.2 cm³/mol. The fraction of sp³-hybridized carbons (Fsp3) is 0.545. The van der Waals surface area contributed by atoms with Gasteiger partial charge >= 0.3 is 6.18 Å². The number of rotatable bonds is 5. The fourth-order valence-corrected chi connectivity index (χ4v) is 1.49. The van der Waals surface area contributed by atoms with E-state index in [0.717, 1.165) is 0 Å². The maximum atomic E-state index is 12.7. The molecule has 0 fully saturated rings. The number of nitrogens with two attached hydrogens (primary N) is 1. The van der Waals surface area contributed by atoms with Crippen molar-refractivity contribution in [3.05, 3.63) is 11.9 Å². The van der Waals surface area contributed by atoms with Gasteiger partial charge in [0.25, 0.3) is 0 Å². The van der Waals surface area contributed by atoms with Crippen molar-refractivity contribution in [1.29, 1.82) is 0 Å². The van der Waals surface area contributed by atoms with Crippen LogP contribution in [0.15, 0.2) is 6.07 Å². The number of anilines is 2. The largest absolute Gasteiger partial charge is 0.451 e. The van der Waals surface area contributed by atoms with Crippen molar-refractivity contribution in [3.8, 4) is 0 Å². The van der Waals surface area contributed by atoms with Crippen molar-refractivity contribution in [1.82, 2.24) is 14.9 Å². The van der Waals surface area contributed by atoms with Gasteiger partial charge in [0.1, 0.15) is 17.7 Å². The van der Waals surface area contributed by atoms with Gasteiger partial charge in [0.15, 0.2) is 0 Å². The van der Waals surface area contributed by atoms with E-state index in [-0.39, 0.29) is 17.5 Å². The lowest BCUT2D eigenvalue weighted by molar-refractivity contribution is -0.144. The maximum absolute atomic E-state index is 12.7. The van der Waals surface area contributed by atoms with Crippen LogP contribution in [0.25, 0.3) is 0 Å². The number of nitrogens with one attached hydrogen (secondary N) is 2. The number of carbonyl (C=O) groups is 1. The number of hydrazine groups is 1. The van der Waals surface area contributed by atoms with E-state index in [1.165, 1.54) is 17.9 Å². The average molecular weight is 306 g/mol. The van der Waals surface area contributed by atoms with Crippen LogP contribution in [0, 0.1) is 0 Å². The van der Waals surface area contributed by atoms with Crippen molar-refractivity contribution >= 4 is 17.5 Å². The third kappa shape index (κ3) is 4.45. The summed E-state index contributed by atoms with van der Waals surface area (Å²) in [5, 5.41) is 2.61. The summed E-state index contributed by atoms with van der Waals surface area (Å²) in [4.78, 5) is 19.9. The normalized spacial score (nSPS) is 12.7. The Morgan fingerprint density at radius 1 is 1.43 bits per heavy atom. The Bertz CT molecular complexity index is 507. The van der Waals surface area contributed by atoms with Gasteiger partial charge in [0.2, 0.25) is 11.7 Å². The molecule has 1 atom stereocenters. The monoisotopic (exact) mass is 306 g/mol. The number of nitrogens with zero attached hydrogens (tertiary/aromatic N) is 3. The van der Waals surface area contributed by atoms with E-state index in [1.54, 1.807) is 14.0 Å². The molecule has 1 aromatic rings. The molecule has 0 saturated heterocycles. The summed E-state index contributed by atoms with van der Waals surface area (Å²) in [5.74, 6) is 3.12. The molecular formula is C11H17F3N6O. The number of nitrogen functional groups attached to an aromatic ring is 1. The highest BCUT2D eigenvalue weighted by Crippen LogP contribution is 2.28. The standard InChI is InChI=1S/C11H17F3N6O/c1-4-20(3)9(21)6(2)16-7-5-8(19-15)18-10(17-7)11(12,13)14/h5-6H,4,15H2,1-3H3,(H2,16,17,18,19). The van der Waals surface area contributed by atoms with Crippen LogP contribution in [0.2, 0.25) is 0 Å². The zero-order valence-corrected chi connectivity index (χ0v) is 11.8. The highest BCUT2D eigenvalue weighted by Gasteiger charge is 2.35. The SMILES string of the molecule is CCN(C)C(=O)C(C)Nc1cc(NN)nc(C(F)(F)F)n1. The van der Waals surface area contributed by atoms with Crippen molar-refractivity contribution in [2.45, 2.75) is 26.1 Å². The Labute approximate surface area is 119 Å². The first-order chi connectivity index (χ1) is 9.68. The Kier molecular flexibility index (Phi) is 5.30. The molecule has 118 valence electrons. The highest BCUT2D eigenvalue weighted by atomic mass is 19.4. The van der Waals surface area contributed by atoms with E-state index in [4.69, 9.17) is 5.84 Å². The summed E-state index contributed by atoms with van der Waals surface area (Å²) in [6.45, 7) is 3.80. The quantitative estimate of drug-likeness (QED) is 0.556. The molecule has 21 heavy (non-hydrogen) atoms. The second-order valence-electron chi connectivity index (χ2n) is 4.32. The van der Waals surface area contributed by atoms with E-state index >= 15 is 0 Å². The van der Waals surface area contributed by atoms with Gasteiger partial charge in [-0.3, -0.25) is 4.79 Å². The van der Waals surface area contributed by atoms with Crippen LogP contribution in [0.3, 0.4) is 0 Å². The average Bonchev–Trinajstić information content (AvgIpc) is 2.44. The molecule has 0 aromatic carbocycles. The van der Waals surface area contributed by atoms with Gasteiger partial charge in [0.05, 0.1) is 0 Å². The van der Waals surface area contributed by atoms with Crippen LogP contribution in [-0.2, 0) is 11.0 Å². The van der Waals surface area contributed by atoms with Crippen molar-refractivity contribution in [3.63, 3.8) is 0 Å². The summed E-state index contributed by atoms with van der Waals surface area (Å²) < 4.78 is 38.0. The van der Waals surface area contributed by atoms with Crippen LogP contribution in [0.4, 0.5) is 24.8 Å². The van der Waals surface area contributed by atoms with Crippen molar-refractivity contribution in [2.75, 3.05) is 24.3 Å². The number of amides is 1. The molecule has 10 heteroatoms. The molecule has 1 unspecified atom stereocenters. The lowest BCUT2D eigenvalue weighted by atomic mass is 10.3. The molecule has 4 N–H and O–H groups in total. The summed E-state index contributed by atoms with van der Waals surface area (Å²) in [6.07, 6.45) is -4.71. The first-order valence-corrected chi connectivity index (χ1v) is 6.13. The lowest BCUT2D eigenvalue weighted by Crippen LogP contribution is -2.39. The van der Waals surface area contributed by atoms with Gasteiger partial charge in [-0.05, 0) is 13.8 Å². The van der Waals surface area contributed by atoms with Gasteiger partial charge in [0, 0.05) is 19.7 Å². The summed E-state index contributed by atoms with van der Waals surface area (Å²) in [5.41, 5.74) is 2.03. The predicted octanol–water partition coefficient (Wildman–Crippen LogP) is 1.06. The second-order valence-corrected chi connectivity index (χ2v) is 4.32. The summed E-state index contributed by atoms with van der Waals surface area (Å²) in [6, 6.07) is 0.446. The van der Waals surface area contributed by atoms with Crippen LogP contribution in [0.5, 0.6) is 0 Å². The van der Waals surface area contributed by atoms with Gasteiger partial charge in [-0.1, -0.05) is 0 Å². The minimum absolute atomic E-state index is 0.143. The smallest absolute Gasteiger partial charge is 0.358 e. The van der Waals surface area contributed by atoms with E-state index in [9.17, 15) is 18.0 Å². The molecule has 0 radical (unpaired) electrons. The number of hydrogen-bond acceptors (Lipinski definition) is 6. The zero-order chi connectivity index (χ0) is 16.2. The zero-order valence-electron chi connectivity index (χ0n) is 11.8. The summed E-state index contributed by atoms with van der Waals surface area (Å²) >= 11 is 0. The Morgan fingerprint density at radius 3 is 2.48 bits per heavy atom. The molecule has 0 spiro atoms. The van der Waals surface area contributed by atoms with E-state index in [1.807, 2.05) is 5.43 Å². The Balaban J connectivity index is 3.00. The molecule has 1 heterocycles. The first-order valence-electron chi connectivity index (χ1n) is 6.13. The van der Waals surface area contributed by atoms with E-state index in [0.29, 0.717) is 6.54 Å². The molecule has 0 aliphatic rings. The first kappa shape index (κ1) is 17.0. The van der Waals surface area contributed by atoms with Crippen LogP contribution >= 0.6 is 0 Å². The van der Waals surface area contributed by atoms with Gasteiger partial charge < -0.3 is 15.6 Å². The van der Waals surface area contributed by atoms with Crippen LogP contribution in [0.1, 0.15) is 19.7 Å². The third-order valence-electron chi connectivity index (χ3n) is 2.71. The highest BCUT2D eigenvalue weighted by molar-refractivity contribution is 5.83. The van der Waals surface area contributed by atoms with Crippen molar-refractivity contribution in [2.24, 2.45) is 5.84 Å². The topological polar surface area (TPSA) is 96.2 Å². The van der Waals surface area contributed by atoms with E-state index in [2.05, 4.69) is 15.3 Å². The lowest BCUT2D eigenvalue weighted by Gasteiger charge is -2.21. The number of carbonyl (C=O) groups excluding carboxylic acids is 1. The maximum Gasteiger partial charge on any atom is 0.451 e.